The molecule has 1 aromatic carbocycles. The van der Waals surface area contributed by atoms with Crippen LogP contribution in [0.1, 0.15) is 26.3 Å². The number of hydrogen-bond donors (Lipinski definition) is 1. The number of benzene rings is 1. The third kappa shape index (κ3) is 4.38. The number of hydrogen-bond acceptors (Lipinski definition) is 4. The van der Waals surface area contributed by atoms with Crippen molar-refractivity contribution in [2.45, 2.75) is 25.1 Å². The number of alkyl halides is 1. The number of nitriles is 1. The van der Waals surface area contributed by atoms with Crippen molar-refractivity contribution in [2.75, 3.05) is 5.32 Å². The summed E-state index contributed by atoms with van der Waals surface area (Å²) in [6, 6.07) is 6.38. The molecule has 0 unspecified atom stereocenters. The molecule has 0 spiro atoms. The van der Waals surface area contributed by atoms with E-state index in [9.17, 15) is 9.59 Å². The van der Waals surface area contributed by atoms with Crippen LogP contribution in [0, 0.1) is 11.3 Å². The molecule has 1 amide bonds. The van der Waals surface area contributed by atoms with Crippen molar-refractivity contribution in [3.63, 3.8) is 0 Å². The normalized spacial score (nSPS) is 10.5. The largest absolute Gasteiger partial charge is 0.427 e. The van der Waals surface area contributed by atoms with Gasteiger partial charge in [-0.15, -0.1) is 0 Å². The molecule has 0 aliphatic heterocycles. The fraction of sp³-hybridized carbons (Fsp3) is 0.308. The van der Waals surface area contributed by atoms with Gasteiger partial charge in [-0.05, 0) is 26.0 Å². The molecule has 0 radical (unpaired) electrons. The molecular weight excluding hydrogens is 312 g/mol. The monoisotopic (exact) mass is 324 g/mol. The van der Waals surface area contributed by atoms with Crippen LogP contribution in [0.4, 0.5) is 5.69 Å². The first-order chi connectivity index (χ1) is 8.74. The Labute approximate surface area is 119 Å². The van der Waals surface area contributed by atoms with Crippen LogP contribution in [0.2, 0.25) is 0 Å². The van der Waals surface area contributed by atoms with Crippen LogP contribution < -0.4 is 10.1 Å². The molecule has 0 aromatic heterocycles. The molecule has 1 N–H and O–H groups in total. The number of rotatable bonds is 3. The van der Waals surface area contributed by atoms with Crippen molar-refractivity contribution in [1.82, 2.24) is 0 Å². The Morgan fingerprint density at radius 2 is 2.05 bits per heavy atom. The van der Waals surface area contributed by atoms with E-state index in [-0.39, 0.29) is 17.2 Å². The topological polar surface area (TPSA) is 79.2 Å². The maximum absolute atomic E-state index is 11.8. The van der Waals surface area contributed by atoms with Gasteiger partial charge in [0.25, 0.3) is 0 Å². The zero-order chi connectivity index (χ0) is 14.6. The predicted octanol–water partition coefficient (Wildman–Crippen LogP) is 2.60. The van der Waals surface area contributed by atoms with Gasteiger partial charge in [0, 0.05) is 13.0 Å². The minimum atomic E-state index is -0.742. The third-order valence-corrected chi connectivity index (χ3v) is 2.52. The van der Waals surface area contributed by atoms with Gasteiger partial charge >= 0.3 is 5.97 Å². The lowest BCUT2D eigenvalue weighted by molar-refractivity contribution is -0.131. The lowest BCUT2D eigenvalue weighted by Gasteiger charge is -2.16. The quantitative estimate of drug-likeness (QED) is 0.526. The van der Waals surface area contributed by atoms with Gasteiger partial charge < -0.3 is 10.1 Å². The van der Waals surface area contributed by atoms with Crippen molar-refractivity contribution in [3.05, 3.63) is 23.8 Å². The predicted molar refractivity (Wildman–Crippen MR) is 74.1 cm³/mol. The highest BCUT2D eigenvalue weighted by Crippen LogP contribution is 2.24. The van der Waals surface area contributed by atoms with E-state index in [0.717, 1.165) is 0 Å². The Hall–Kier alpha value is -1.87. The maximum Gasteiger partial charge on any atom is 0.308 e. The summed E-state index contributed by atoms with van der Waals surface area (Å²) in [5.74, 6) is -0.480. The Kier molecular flexibility index (Phi) is 4.67. The number of amides is 1. The van der Waals surface area contributed by atoms with Crippen LogP contribution in [-0.4, -0.2) is 16.2 Å². The molecule has 0 aliphatic rings. The molecule has 19 heavy (non-hydrogen) atoms. The highest BCUT2D eigenvalue weighted by molar-refractivity contribution is 9.10. The zero-order valence-corrected chi connectivity index (χ0v) is 12.4. The first-order valence-corrected chi connectivity index (χ1v) is 6.26. The Morgan fingerprint density at radius 1 is 1.42 bits per heavy atom. The van der Waals surface area contributed by atoms with Crippen molar-refractivity contribution < 1.29 is 14.3 Å². The summed E-state index contributed by atoms with van der Waals surface area (Å²) in [7, 11) is 0. The second kappa shape index (κ2) is 5.85. The van der Waals surface area contributed by atoms with E-state index in [1.165, 1.54) is 25.1 Å². The fourth-order valence-electron chi connectivity index (χ4n) is 1.23. The van der Waals surface area contributed by atoms with Gasteiger partial charge in [0.15, 0.2) is 0 Å². The van der Waals surface area contributed by atoms with Gasteiger partial charge in [0.2, 0.25) is 5.91 Å². The molecule has 0 aliphatic carbocycles. The van der Waals surface area contributed by atoms with Gasteiger partial charge in [-0.25, -0.2) is 0 Å². The average Bonchev–Trinajstić information content (AvgIpc) is 2.29. The van der Waals surface area contributed by atoms with Crippen LogP contribution in [0.5, 0.6) is 5.75 Å². The van der Waals surface area contributed by atoms with E-state index in [2.05, 4.69) is 21.2 Å². The molecule has 6 heteroatoms. The van der Waals surface area contributed by atoms with Gasteiger partial charge in [0.05, 0.1) is 15.6 Å². The molecule has 0 fully saturated rings. The molecular formula is C13H13BrN2O3. The summed E-state index contributed by atoms with van der Waals surface area (Å²) in [5, 5.41) is 11.7. The number of halogens is 1. The van der Waals surface area contributed by atoms with Crippen LogP contribution in [0.15, 0.2) is 18.2 Å². The summed E-state index contributed by atoms with van der Waals surface area (Å²) in [4.78, 5) is 22.6. The molecule has 1 aromatic rings. The van der Waals surface area contributed by atoms with Gasteiger partial charge in [-0.1, -0.05) is 15.9 Å². The lowest BCUT2D eigenvalue weighted by atomic mass is 10.1. The van der Waals surface area contributed by atoms with Gasteiger partial charge in [-0.3, -0.25) is 9.59 Å². The van der Waals surface area contributed by atoms with E-state index < -0.39 is 10.3 Å². The van der Waals surface area contributed by atoms with Gasteiger partial charge in [0.1, 0.15) is 11.8 Å². The summed E-state index contributed by atoms with van der Waals surface area (Å²) < 4.78 is 4.13. The summed E-state index contributed by atoms with van der Waals surface area (Å²) in [6.07, 6.45) is 0. The first kappa shape index (κ1) is 15.2. The molecule has 100 valence electrons. The molecule has 5 nitrogen and oxygen atoms in total. The number of nitrogens with zero attached hydrogens (tertiary/aromatic N) is 1. The summed E-state index contributed by atoms with van der Waals surface area (Å²) in [5.41, 5.74) is 0.597. The average molecular weight is 325 g/mol. The molecule has 0 atom stereocenters. The fourth-order valence-corrected chi connectivity index (χ4v) is 1.32. The van der Waals surface area contributed by atoms with Crippen LogP contribution in [0.25, 0.3) is 0 Å². The first-order valence-electron chi connectivity index (χ1n) is 5.47. The molecule has 0 bridgehead atoms. The molecule has 0 heterocycles. The standard InChI is InChI=1S/C13H13BrN2O3/c1-8(17)19-10-4-5-11(9(6-10)7-15)16-12(18)13(2,3)14/h4-6H,1-3H3,(H,16,18). The van der Waals surface area contributed by atoms with Crippen LogP contribution >= 0.6 is 15.9 Å². The minimum Gasteiger partial charge on any atom is -0.427 e. The van der Waals surface area contributed by atoms with E-state index in [0.29, 0.717) is 5.69 Å². The Morgan fingerprint density at radius 3 is 2.53 bits per heavy atom. The van der Waals surface area contributed by atoms with Crippen LogP contribution in [-0.2, 0) is 9.59 Å². The molecule has 1 rings (SSSR count). The van der Waals surface area contributed by atoms with E-state index in [1.807, 2.05) is 6.07 Å². The Bertz CT molecular complexity index is 556. The van der Waals surface area contributed by atoms with Gasteiger partial charge in [-0.2, -0.15) is 5.26 Å². The van der Waals surface area contributed by atoms with E-state index in [4.69, 9.17) is 10.00 Å². The van der Waals surface area contributed by atoms with Crippen molar-refractivity contribution >= 4 is 33.5 Å². The smallest absolute Gasteiger partial charge is 0.308 e. The number of carbonyl (C=O) groups is 2. The minimum absolute atomic E-state index is 0.226. The second-order valence-corrected chi connectivity index (χ2v) is 6.32. The van der Waals surface area contributed by atoms with Crippen molar-refractivity contribution in [1.29, 1.82) is 5.26 Å². The molecule has 0 saturated heterocycles. The highest BCUT2D eigenvalue weighted by atomic mass is 79.9. The number of anilines is 1. The van der Waals surface area contributed by atoms with E-state index in [1.54, 1.807) is 13.8 Å². The van der Waals surface area contributed by atoms with Crippen molar-refractivity contribution in [3.8, 4) is 11.8 Å². The number of esters is 1. The SMILES string of the molecule is CC(=O)Oc1ccc(NC(=O)C(C)(C)Br)c(C#N)c1. The summed E-state index contributed by atoms with van der Waals surface area (Å²) >= 11 is 3.23. The number of nitrogens with one attached hydrogen (secondary N) is 1. The summed E-state index contributed by atoms with van der Waals surface area (Å²) in [6.45, 7) is 4.66. The zero-order valence-electron chi connectivity index (χ0n) is 10.8. The van der Waals surface area contributed by atoms with Crippen LogP contribution in [0.3, 0.4) is 0 Å². The third-order valence-electron chi connectivity index (χ3n) is 2.16. The number of carbonyl (C=O) groups excluding carboxylic acids is 2. The van der Waals surface area contributed by atoms with E-state index >= 15 is 0 Å². The maximum atomic E-state index is 11.8. The van der Waals surface area contributed by atoms with Crippen molar-refractivity contribution in [2.24, 2.45) is 0 Å². The lowest BCUT2D eigenvalue weighted by Crippen LogP contribution is -2.31. The highest BCUT2D eigenvalue weighted by Gasteiger charge is 2.24. The number of ether oxygens (including phenoxy) is 1. The second-order valence-electron chi connectivity index (χ2n) is 4.34. The molecule has 0 saturated carbocycles. The Balaban J connectivity index is 3.01.